The molecule has 0 radical (unpaired) electrons. The highest BCUT2D eigenvalue weighted by Gasteiger charge is 2.08. The lowest BCUT2D eigenvalue weighted by Crippen LogP contribution is -2.24. The van der Waals surface area contributed by atoms with Crippen molar-refractivity contribution in [1.82, 2.24) is 15.3 Å². The summed E-state index contributed by atoms with van der Waals surface area (Å²) in [6, 6.07) is 8.01. The smallest absolute Gasteiger partial charge is 0.251 e. The summed E-state index contributed by atoms with van der Waals surface area (Å²) in [5, 5.41) is 2.69. The molecule has 0 fully saturated rings. The maximum Gasteiger partial charge on any atom is 0.251 e. The van der Waals surface area contributed by atoms with Crippen molar-refractivity contribution < 1.29 is 9.59 Å². The van der Waals surface area contributed by atoms with Gasteiger partial charge in [0.15, 0.2) is 0 Å². The van der Waals surface area contributed by atoms with Crippen LogP contribution in [0.15, 0.2) is 36.5 Å². The van der Waals surface area contributed by atoms with Gasteiger partial charge in [-0.15, -0.1) is 0 Å². The van der Waals surface area contributed by atoms with Gasteiger partial charge in [0, 0.05) is 23.0 Å². The van der Waals surface area contributed by atoms with Gasteiger partial charge in [0.05, 0.1) is 6.54 Å². The standard InChI is InChI=1S/C14H14N4O2/c1-9-5-6-16-12(18-9)8-17-14(20)11-4-2-3-10(7-11)13(15)19/h2-7H,8H2,1H3,(H2,15,19)(H,17,20). The summed E-state index contributed by atoms with van der Waals surface area (Å²) in [6.45, 7) is 2.07. The average molecular weight is 270 g/mol. The molecule has 102 valence electrons. The topological polar surface area (TPSA) is 98.0 Å². The Morgan fingerprint density at radius 1 is 1.25 bits per heavy atom. The zero-order valence-corrected chi connectivity index (χ0v) is 11.0. The fourth-order valence-corrected chi connectivity index (χ4v) is 1.66. The van der Waals surface area contributed by atoms with Crippen LogP contribution in [0.1, 0.15) is 32.2 Å². The lowest BCUT2D eigenvalue weighted by atomic mass is 10.1. The molecule has 1 aromatic heterocycles. The highest BCUT2D eigenvalue weighted by Crippen LogP contribution is 2.05. The van der Waals surface area contributed by atoms with Gasteiger partial charge in [0.1, 0.15) is 5.82 Å². The molecule has 0 saturated carbocycles. The van der Waals surface area contributed by atoms with E-state index in [1.54, 1.807) is 30.5 Å². The first-order valence-corrected chi connectivity index (χ1v) is 6.03. The van der Waals surface area contributed by atoms with E-state index in [0.717, 1.165) is 5.69 Å². The predicted molar refractivity (Wildman–Crippen MR) is 72.9 cm³/mol. The third-order valence-corrected chi connectivity index (χ3v) is 2.66. The largest absolute Gasteiger partial charge is 0.366 e. The zero-order valence-electron chi connectivity index (χ0n) is 11.0. The molecule has 0 spiro atoms. The van der Waals surface area contributed by atoms with E-state index in [9.17, 15) is 9.59 Å². The van der Waals surface area contributed by atoms with Gasteiger partial charge in [0.25, 0.3) is 5.91 Å². The fourth-order valence-electron chi connectivity index (χ4n) is 1.66. The average Bonchev–Trinajstić information content (AvgIpc) is 2.45. The number of carbonyl (C=O) groups is 2. The Kier molecular flexibility index (Phi) is 4.05. The van der Waals surface area contributed by atoms with Crippen LogP contribution in [0.4, 0.5) is 0 Å². The van der Waals surface area contributed by atoms with Crippen LogP contribution >= 0.6 is 0 Å². The van der Waals surface area contributed by atoms with Gasteiger partial charge < -0.3 is 11.1 Å². The van der Waals surface area contributed by atoms with Crippen LogP contribution in [-0.4, -0.2) is 21.8 Å². The van der Waals surface area contributed by atoms with E-state index in [2.05, 4.69) is 15.3 Å². The lowest BCUT2D eigenvalue weighted by molar-refractivity contribution is 0.0950. The number of hydrogen-bond donors (Lipinski definition) is 2. The van der Waals surface area contributed by atoms with Crippen molar-refractivity contribution in [3.05, 3.63) is 59.2 Å². The zero-order chi connectivity index (χ0) is 14.5. The lowest BCUT2D eigenvalue weighted by Gasteiger charge is -2.05. The van der Waals surface area contributed by atoms with Gasteiger partial charge >= 0.3 is 0 Å². The van der Waals surface area contributed by atoms with Gasteiger partial charge in [-0.2, -0.15) is 0 Å². The Hall–Kier alpha value is -2.76. The first-order chi connectivity index (χ1) is 9.56. The van der Waals surface area contributed by atoms with Crippen molar-refractivity contribution in [2.75, 3.05) is 0 Å². The minimum absolute atomic E-state index is 0.224. The number of aromatic nitrogens is 2. The number of nitrogens with two attached hydrogens (primary N) is 1. The summed E-state index contributed by atoms with van der Waals surface area (Å²) in [4.78, 5) is 31.3. The summed E-state index contributed by atoms with van der Waals surface area (Å²) >= 11 is 0. The molecule has 0 saturated heterocycles. The van der Waals surface area contributed by atoms with Crippen molar-refractivity contribution in [1.29, 1.82) is 0 Å². The van der Waals surface area contributed by atoms with Gasteiger partial charge in [-0.3, -0.25) is 9.59 Å². The first kappa shape index (κ1) is 13.7. The molecule has 20 heavy (non-hydrogen) atoms. The minimum Gasteiger partial charge on any atom is -0.366 e. The predicted octanol–water partition coefficient (Wildman–Crippen LogP) is 0.814. The molecule has 6 nitrogen and oxygen atoms in total. The fraction of sp³-hybridized carbons (Fsp3) is 0.143. The summed E-state index contributed by atoms with van der Waals surface area (Å²) in [6.07, 6.45) is 1.64. The molecule has 2 rings (SSSR count). The number of benzene rings is 1. The number of primary amides is 1. The van der Waals surface area contributed by atoms with Gasteiger partial charge in [0.2, 0.25) is 5.91 Å². The van der Waals surface area contributed by atoms with Crippen LogP contribution in [0.25, 0.3) is 0 Å². The molecular formula is C14H14N4O2. The van der Waals surface area contributed by atoms with Gasteiger partial charge in [-0.05, 0) is 31.2 Å². The molecular weight excluding hydrogens is 256 g/mol. The number of carbonyl (C=O) groups excluding carboxylic acids is 2. The van der Waals surface area contributed by atoms with Crippen LogP contribution in [-0.2, 0) is 6.54 Å². The maximum atomic E-state index is 12.0. The SMILES string of the molecule is Cc1ccnc(CNC(=O)c2cccc(C(N)=O)c2)n1. The highest BCUT2D eigenvalue weighted by atomic mass is 16.2. The summed E-state index contributed by atoms with van der Waals surface area (Å²) in [5.41, 5.74) is 6.67. The molecule has 2 aromatic rings. The number of nitrogens with one attached hydrogen (secondary N) is 1. The van der Waals surface area contributed by atoms with Crippen molar-refractivity contribution in [2.45, 2.75) is 13.5 Å². The van der Waals surface area contributed by atoms with Crippen LogP contribution in [0, 0.1) is 6.92 Å². The van der Waals surface area contributed by atoms with Crippen LogP contribution < -0.4 is 11.1 Å². The number of rotatable bonds is 4. The van der Waals surface area contributed by atoms with E-state index >= 15 is 0 Å². The second-order valence-electron chi connectivity index (χ2n) is 4.24. The Labute approximate surface area is 116 Å². The van der Waals surface area contributed by atoms with Crippen LogP contribution in [0.2, 0.25) is 0 Å². The van der Waals surface area contributed by atoms with E-state index in [1.807, 2.05) is 6.92 Å². The molecule has 0 atom stereocenters. The summed E-state index contributed by atoms with van der Waals surface area (Å²) in [5.74, 6) is -0.343. The Morgan fingerprint density at radius 3 is 2.70 bits per heavy atom. The minimum atomic E-state index is -0.568. The second-order valence-corrected chi connectivity index (χ2v) is 4.24. The molecule has 2 amide bonds. The first-order valence-electron chi connectivity index (χ1n) is 6.03. The van der Waals surface area contributed by atoms with Crippen LogP contribution in [0.3, 0.4) is 0 Å². The van der Waals surface area contributed by atoms with Crippen molar-refractivity contribution in [3.8, 4) is 0 Å². The third kappa shape index (κ3) is 3.38. The second kappa shape index (κ2) is 5.92. The van der Waals surface area contributed by atoms with E-state index < -0.39 is 5.91 Å². The van der Waals surface area contributed by atoms with E-state index in [-0.39, 0.29) is 12.5 Å². The van der Waals surface area contributed by atoms with Gasteiger partial charge in [-0.25, -0.2) is 9.97 Å². The van der Waals surface area contributed by atoms with Crippen LogP contribution in [0.5, 0.6) is 0 Å². The number of aryl methyl sites for hydroxylation is 1. The molecule has 0 aliphatic carbocycles. The van der Waals surface area contributed by atoms with Crippen molar-refractivity contribution in [3.63, 3.8) is 0 Å². The monoisotopic (exact) mass is 270 g/mol. The molecule has 1 heterocycles. The number of amides is 2. The normalized spacial score (nSPS) is 10.1. The number of nitrogens with zero attached hydrogens (tertiary/aromatic N) is 2. The molecule has 0 aliphatic rings. The van der Waals surface area contributed by atoms with E-state index in [1.165, 1.54) is 6.07 Å². The molecule has 3 N–H and O–H groups in total. The third-order valence-electron chi connectivity index (χ3n) is 2.66. The quantitative estimate of drug-likeness (QED) is 0.859. The molecule has 6 heteroatoms. The molecule has 0 aliphatic heterocycles. The number of hydrogen-bond acceptors (Lipinski definition) is 4. The Morgan fingerprint density at radius 2 is 2.00 bits per heavy atom. The summed E-state index contributed by atoms with van der Waals surface area (Å²) < 4.78 is 0. The highest BCUT2D eigenvalue weighted by molar-refractivity contribution is 5.98. The Balaban J connectivity index is 2.05. The van der Waals surface area contributed by atoms with E-state index in [4.69, 9.17) is 5.73 Å². The maximum absolute atomic E-state index is 12.0. The summed E-state index contributed by atoms with van der Waals surface area (Å²) in [7, 11) is 0. The Bertz CT molecular complexity index is 655. The van der Waals surface area contributed by atoms with E-state index in [0.29, 0.717) is 17.0 Å². The molecule has 1 aromatic carbocycles. The van der Waals surface area contributed by atoms with Gasteiger partial charge in [-0.1, -0.05) is 6.07 Å². The molecule has 0 bridgehead atoms. The molecule has 0 unspecified atom stereocenters. The van der Waals surface area contributed by atoms with Crippen molar-refractivity contribution >= 4 is 11.8 Å². The van der Waals surface area contributed by atoms with Crippen molar-refractivity contribution in [2.24, 2.45) is 5.73 Å².